The maximum absolute atomic E-state index is 14.4. The van der Waals surface area contributed by atoms with Gasteiger partial charge in [0.05, 0.1) is 36.5 Å². The number of carbonyl (C=O) groups is 6. The van der Waals surface area contributed by atoms with Gasteiger partial charge in [-0.3, -0.25) is 28.7 Å². The number of sulfonamides is 1. The second-order valence-electron chi connectivity index (χ2n) is 20.4. The summed E-state index contributed by atoms with van der Waals surface area (Å²) in [6, 6.07) is 7.37. The fourth-order valence-electron chi connectivity index (χ4n) is 8.97. The van der Waals surface area contributed by atoms with Crippen molar-refractivity contribution in [1.29, 1.82) is 0 Å². The Morgan fingerprint density at radius 1 is 0.886 bits per heavy atom. The molecular weight excluding hydrogens is 921 g/mol. The van der Waals surface area contributed by atoms with Gasteiger partial charge in [0.15, 0.2) is 11.7 Å². The number of guanidine groups is 1. The lowest BCUT2D eigenvalue weighted by atomic mass is 9.85. The zero-order valence-corrected chi connectivity index (χ0v) is 45.6. The molecule has 0 saturated carbocycles. The number of likely N-dealkylation sites (N-methyl/N-ethyl adjacent to an activating group) is 1. The lowest BCUT2D eigenvalue weighted by molar-refractivity contribution is -0.160. The number of methoxy groups -OCH3 is 2. The first-order valence-corrected chi connectivity index (χ1v) is 26.3. The van der Waals surface area contributed by atoms with Crippen LogP contribution in [0.5, 0.6) is 0 Å². The SMILES string of the molecule is CC[C@H](C)[C@@H]([C@@H](CC(=O)N1CCC[C@H]1[C@H](OC)[C@@H](C)C(=O)C[C@@H](Cc1ccccc1)C(=O)NS(=O)(=O)CCCCC(=O)COCC(=O)OC(C)(C)C)OC)N(C)C(=O)[C@@H](N=C(N(C)C)N(C)C)C(C)C. The number of Topliss-reactive ketones (excluding diaryl/α,β-unsaturated/α-hetero) is 2. The predicted molar refractivity (Wildman–Crippen MR) is 270 cm³/mol. The Labute approximate surface area is 419 Å². The van der Waals surface area contributed by atoms with E-state index in [2.05, 4.69) is 4.72 Å². The highest BCUT2D eigenvalue weighted by Gasteiger charge is 2.43. The molecule has 1 aromatic rings. The van der Waals surface area contributed by atoms with Gasteiger partial charge in [0.1, 0.15) is 30.6 Å². The maximum atomic E-state index is 14.4. The molecule has 3 amide bonds. The van der Waals surface area contributed by atoms with Crippen molar-refractivity contribution in [3.8, 4) is 0 Å². The molecule has 18 nitrogen and oxygen atoms in total. The highest BCUT2D eigenvalue weighted by Crippen LogP contribution is 2.31. The number of ether oxygens (including phenoxy) is 4. The van der Waals surface area contributed by atoms with E-state index in [1.54, 1.807) is 75.9 Å². The number of amides is 3. The van der Waals surface area contributed by atoms with Crippen molar-refractivity contribution in [1.82, 2.24) is 24.3 Å². The number of nitrogens with zero attached hydrogens (tertiary/aromatic N) is 5. The van der Waals surface area contributed by atoms with Crippen molar-refractivity contribution in [2.24, 2.45) is 28.7 Å². The van der Waals surface area contributed by atoms with Crippen LogP contribution in [0.1, 0.15) is 112 Å². The van der Waals surface area contributed by atoms with Crippen molar-refractivity contribution < 1.29 is 56.1 Å². The van der Waals surface area contributed by atoms with E-state index >= 15 is 0 Å². The standard InChI is InChI=1S/C51H86N6O12S/c1-16-35(4)46(56(13)49(63)45(34(2)3)52-50(54(9)10)55(11)12)42(66-14)31-43(60)57-27-22-26-40(57)47(67-15)36(5)41(59)30-38(29-37-23-18-17-19-24-37)48(62)53-70(64,65)28-21-20-25-39(58)32-68-33-44(61)69-51(6,7)8/h17-19,23-24,34-36,38,40,42,45-47H,16,20-22,25-33H2,1-15H3,(H,53,62)/t35-,36-,38+,40-,42+,45-,46-,47+/m0/s1. The summed E-state index contributed by atoms with van der Waals surface area (Å²) in [5, 5.41) is 0. The molecule has 8 atom stereocenters. The first-order chi connectivity index (χ1) is 32.7. The van der Waals surface area contributed by atoms with Gasteiger partial charge in [-0.1, -0.05) is 71.4 Å². The minimum absolute atomic E-state index is 0.0137. The Kier molecular flexibility index (Phi) is 25.7. The number of unbranched alkanes of at least 4 members (excludes halogenated alkanes) is 1. The van der Waals surface area contributed by atoms with Crippen molar-refractivity contribution >= 4 is 51.2 Å². The zero-order chi connectivity index (χ0) is 53.1. The van der Waals surface area contributed by atoms with Crippen LogP contribution in [0.2, 0.25) is 0 Å². The summed E-state index contributed by atoms with van der Waals surface area (Å²) < 4.78 is 50.9. The molecule has 0 unspecified atom stereocenters. The largest absolute Gasteiger partial charge is 0.458 e. The minimum atomic E-state index is -4.15. The van der Waals surface area contributed by atoms with Crippen LogP contribution in [-0.2, 0) is 64.2 Å². The van der Waals surface area contributed by atoms with Crippen molar-refractivity contribution in [2.45, 2.75) is 149 Å². The molecule has 1 heterocycles. The summed E-state index contributed by atoms with van der Waals surface area (Å²) in [6.45, 7) is 14.6. The number of hydrogen-bond donors (Lipinski definition) is 1. The summed E-state index contributed by atoms with van der Waals surface area (Å²) in [6.07, 6.45) is 0.630. The van der Waals surface area contributed by atoms with Crippen LogP contribution in [0.15, 0.2) is 35.3 Å². The molecule has 1 aliphatic heterocycles. The van der Waals surface area contributed by atoms with E-state index in [1.165, 1.54) is 7.11 Å². The third-order valence-corrected chi connectivity index (χ3v) is 14.1. The molecule has 70 heavy (non-hydrogen) atoms. The van der Waals surface area contributed by atoms with E-state index in [0.29, 0.717) is 25.3 Å². The Balaban J connectivity index is 2.23. The lowest BCUT2D eigenvalue weighted by Crippen LogP contribution is -2.55. The number of benzene rings is 1. The average Bonchev–Trinajstić information content (AvgIpc) is 3.76. The van der Waals surface area contributed by atoms with Crippen LogP contribution in [-0.4, -0.2) is 180 Å². The summed E-state index contributed by atoms with van der Waals surface area (Å²) >= 11 is 0. The molecule has 0 bridgehead atoms. The van der Waals surface area contributed by atoms with Crippen LogP contribution >= 0.6 is 0 Å². The zero-order valence-electron chi connectivity index (χ0n) is 44.8. The lowest BCUT2D eigenvalue weighted by Gasteiger charge is -2.40. The van der Waals surface area contributed by atoms with Crippen LogP contribution in [0.25, 0.3) is 0 Å². The van der Waals surface area contributed by atoms with E-state index in [9.17, 15) is 37.2 Å². The van der Waals surface area contributed by atoms with Crippen molar-refractivity contribution in [2.75, 3.05) is 75.0 Å². The number of likely N-dealkylation sites (tertiary alicyclic amines) is 1. The molecule has 0 aromatic heterocycles. The van der Waals surface area contributed by atoms with E-state index in [4.69, 9.17) is 23.9 Å². The Bertz CT molecular complexity index is 1980. The number of nitrogens with one attached hydrogen (secondary N) is 1. The molecule has 1 saturated heterocycles. The first-order valence-electron chi connectivity index (χ1n) is 24.6. The van der Waals surface area contributed by atoms with Crippen molar-refractivity contribution in [3.05, 3.63) is 35.9 Å². The number of hydrogen-bond acceptors (Lipinski definition) is 13. The Hall–Kier alpha value is -4.46. The third-order valence-electron chi connectivity index (χ3n) is 12.7. The molecule has 1 fully saturated rings. The minimum Gasteiger partial charge on any atom is -0.458 e. The van der Waals surface area contributed by atoms with Gasteiger partial charge < -0.3 is 38.5 Å². The number of aliphatic imine (C=N–C) groups is 1. The average molecular weight is 1010 g/mol. The first kappa shape index (κ1) is 61.7. The van der Waals surface area contributed by atoms with Gasteiger partial charge in [-0.15, -0.1) is 0 Å². The molecule has 0 spiro atoms. The summed E-state index contributed by atoms with van der Waals surface area (Å²) in [7, 11) is 8.15. The fraction of sp³-hybridized carbons (Fsp3) is 0.745. The van der Waals surface area contributed by atoms with E-state index in [0.717, 1.165) is 12.0 Å². The number of rotatable bonds is 29. The second-order valence-corrected chi connectivity index (χ2v) is 22.3. The molecule has 398 valence electrons. The molecule has 2 rings (SSSR count). The smallest absolute Gasteiger partial charge is 0.332 e. The Morgan fingerprint density at radius 2 is 1.51 bits per heavy atom. The van der Waals surface area contributed by atoms with Gasteiger partial charge in [0, 0.05) is 80.7 Å². The van der Waals surface area contributed by atoms with E-state index in [1.807, 2.05) is 71.8 Å². The summed E-state index contributed by atoms with van der Waals surface area (Å²) in [4.78, 5) is 93.0. The normalized spacial score (nSPS) is 17.1. The van der Waals surface area contributed by atoms with Crippen LogP contribution in [0, 0.1) is 23.7 Å². The van der Waals surface area contributed by atoms with Gasteiger partial charge >= 0.3 is 5.97 Å². The Morgan fingerprint density at radius 3 is 2.06 bits per heavy atom. The van der Waals surface area contributed by atoms with Crippen LogP contribution in [0.4, 0.5) is 0 Å². The van der Waals surface area contributed by atoms with Gasteiger partial charge in [0.25, 0.3) is 0 Å². The molecule has 0 radical (unpaired) electrons. The molecule has 1 aliphatic rings. The highest BCUT2D eigenvalue weighted by molar-refractivity contribution is 7.90. The van der Waals surface area contributed by atoms with Gasteiger partial charge in [-0.2, -0.15) is 0 Å². The predicted octanol–water partition coefficient (Wildman–Crippen LogP) is 4.77. The van der Waals surface area contributed by atoms with Crippen LogP contribution < -0.4 is 4.72 Å². The monoisotopic (exact) mass is 1010 g/mol. The fourth-order valence-corrected chi connectivity index (χ4v) is 10.1. The number of ketones is 2. The van der Waals surface area contributed by atoms with Crippen molar-refractivity contribution in [3.63, 3.8) is 0 Å². The van der Waals surface area contributed by atoms with Gasteiger partial charge in [-0.05, 0) is 70.3 Å². The van der Waals surface area contributed by atoms with E-state index in [-0.39, 0.29) is 87.0 Å². The molecular formula is C51H86N6O12S. The van der Waals surface area contributed by atoms with E-state index < -0.39 is 75.4 Å². The second kappa shape index (κ2) is 29.2. The summed E-state index contributed by atoms with van der Waals surface area (Å²) in [5.41, 5.74) is 0.0455. The van der Waals surface area contributed by atoms with Crippen LogP contribution in [0.3, 0.4) is 0 Å². The molecule has 1 aromatic carbocycles. The maximum Gasteiger partial charge on any atom is 0.332 e. The van der Waals surface area contributed by atoms with Gasteiger partial charge in [-0.25, -0.2) is 18.2 Å². The van der Waals surface area contributed by atoms with Gasteiger partial charge in [0.2, 0.25) is 27.7 Å². The number of carbonyl (C=O) groups excluding carboxylic acids is 6. The summed E-state index contributed by atoms with van der Waals surface area (Å²) in [5.74, 6) is -4.21. The third kappa shape index (κ3) is 20.0. The highest BCUT2D eigenvalue weighted by atomic mass is 32.2. The molecule has 19 heteroatoms. The quantitative estimate of drug-likeness (QED) is 0.0496. The molecule has 1 N–H and O–H groups in total. The molecule has 0 aliphatic carbocycles. The topological polar surface area (TPSA) is 211 Å². The number of esters is 1.